The molecule has 0 aliphatic heterocycles. The molecule has 4 heteroatoms. The Morgan fingerprint density at radius 2 is 2.40 bits per heavy atom. The minimum Gasteiger partial charge on any atom is -0.479 e. The molecular formula is C6H10FNO2. The van der Waals surface area contributed by atoms with Gasteiger partial charge in [0.15, 0.2) is 0 Å². The smallest absolute Gasteiger partial charge is 0.341 e. The standard InChI is InChI=1S/C6H10FNO2/c7-6(5(9)10)2-1-4(8)3-6/h4H,1-3,8H2,(H,9,10)/t4-,6+/m0/s1. The van der Waals surface area contributed by atoms with E-state index in [1.807, 2.05) is 0 Å². The maximum atomic E-state index is 13.0. The van der Waals surface area contributed by atoms with E-state index in [9.17, 15) is 9.18 Å². The lowest BCUT2D eigenvalue weighted by atomic mass is 10.1. The third-order valence-corrected chi connectivity index (χ3v) is 1.88. The van der Waals surface area contributed by atoms with Crippen LogP contribution in [0.15, 0.2) is 0 Å². The summed E-state index contributed by atoms with van der Waals surface area (Å²) in [5.74, 6) is -1.37. The van der Waals surface area contributed by atoms with Crippen LogP contribution in [-0.4, -0.2) is 22.8 Å². The van der Waals surface area contributed by atoms with Crippen LogP contribution in [0.2, 0.25) is 0 Å². The van der Waals surface area contributed by atoms with Crippen molar-refractivity contribution in [2.24, 2.45) is 5.73 Å². The van der Waals surface area contributed by atoms with Crippen LogP contribution in [0.25, 0.3) is 0 Å². The normalized spacial score (nSPS) is 40.0. The van der Waals surface area contributed by atoms with Gasteiger partial charge in [0, 0.05) is 12.5 Å². The van der Waals surface area contributed by atoms with Gasteiger partial charge < -0.3 is 10.8 Å². The van der Waals surface area contributed by atoms with Gasteiger partial charge in [0.25, 0.3) is 0 Å². The number of halogens is 1. The number of hydrogen-bond donors (Lipinski definition) is 2. The van der Waals surface area contributed by atoms with E-state index in [1.54, 1.807) is 0 Å². The Morgan fingerprint density at radius 1 is 1.80 bits per heavy atom. The van der Waals surface area contributed by atoms with Crippen molar-refractivity contribution >= 4 is 5.97 Å². The van der Waals surface area contributed by atoms with Crippen molar-refractivity contribution in [2.75, 3.05) is 0 Å². The van der Waals surface area contributed by atoms with Crippen molar-refractivity contribution in [1.29, 1.82) is 0 Å². The molecule has 1 fully saturated rings. The SMILES string of the molecule is N[C@H]1CC[C@](F)(C(=O)O)C1. The molecule has 3 N–H and O–H groups in total. The summed E-state index contributed by atoms with van der Waals surface area (Å²) >= 11 is 0. The molecule has 0 amide bonds. The van der Waals surface area contributed by atoms with E-state index in [0.717, 1.165) is 0 Å². The number of alkyl halides is 1. The Morgan fingerprint density at radius 3 is 2.60 bits per heavy atom. The molecule has 0 bridgehead atoms. The van der Waals surface area contributed by atoms with Crippen LogP contribution in [0.1, 0.15) is 19.3 Å². The maximum absolute atomic E-state index is 13.0. The Kier molecular flexibility index (Phi) is 1.64. The first-order valence-electron chi connectivity index (χ1n) is 3.22. The van der Waals surface area contributed by atoms with Gasteiger partial charge in [-0.3, -0.25) is 0 Å². The third kappa shape index (κ3) is 1.11. The molecule has 0 heterocycles. The van der Waals surface area contributed by atoms with E-state index in [1.165, 1.54) is 0 Å². The fraction of sp³-hybridized carbons (Fsp3) is 0.833. The molecule has 2 atom stereocenters. The van der Waals surface area contributed by atoms with Crippen LogP contribution in [0.3, 0.4) is 0 Å². The first-order valence-corrected chi connectivity index (χ1v) is 3.22. The largest absolute Gasteiger partial charge is 0.479 e. The van der Waals surface area contributed by atoms with Crippen molar-refractivity contribution < 1.29 is 14.3 Å². The van der Waals surface area contributed by atoms with Crippen LogP contribution >= 0.6 is 0 Å². The van der Waals surface area contributed by atoms with E-state index >= 15 is 0 Å². The predicted molar refractivity (Wildman–Crippen MR) is 33.3 cm³/mol. The lowest BCUT2D eigenvalue weighted by Gasteiger charge is -2.11. The van der Waals surface area contributed by atoms with Gasteiger partial charge in [-0.15, -0.1) is 0 Å². The van der Waals surface area contributed by atoms with E-state index in [2.05, 4.69) is 0 Å². The highest BCUT2D eigenvalue weighted by Gasteiger charge is 2.44. The van der Waals surface area contributed by atoms with Crippen molar-refractivity contribution in [1.82, 2.24) is 0 Å². The van der Waals surface area contributed by atoms with Gasteiger partial charge in [-0.2, -0.15) is 0 Å². The lowest BCUT2D eigenvalue weighted by molar-refractivity contribution is -0.150. The van der Waals surface area contributed by atoms with Crippen molar-refractivity contribution in [3.63, 3.8) is 0 Å². The minimum atomic E-state index is -2.04. The highest BCUT2D eigenvalue weighted by molar-refractivity contribution is 5.77. The van der Waals surface area contributed by atoms with Crippen molar-refractivity contribution in [2.45, 2.75) is 31.0 Å². The number of carbonyl (C=O) groups is 1. The molecule has 1 saturated carbocycles. The lowest BCUT2D eigenvalue weighted by Crippen LogP contribution is -2.32. The molecular weight excluding hydrogens is 137 g/mol. The summed E-state index contributed by atoms with van der Waals surface area (Å²) in [7, 11) is 0. The zero-order valence-electron chi connectivity index (χ0n) is 5.51. The van der Waals surface area contributed by atoms with E-state index in [0.29, 0.717) is 6.42 Å². The second-order valence-electron chi connectivity index (χ2n) is 2.77. The highest BCUT2D eigenvalue weighted by Crippen LogP contribution is 2.32. The highest BCUT2D eigenvalue weighted by atomic mass is 19.1. The Hall–Kier alpha value is -0.640. The topological polar surface area (TPSA) is 63.3 Å². The summed E-state index contributed by atoms with van der Waals surface area (Å²) in [5.41, 5.74) is 3.30. The van der Waals surface area contributed by atoms with Crippen LogP contribution in [0, 0.1) is 0 Å². The van der Waals surface area contributed by atoms with E-state index < -0.39 is 11.6 Å². The summed E-state index contributed by atoms with van der Waals surface area (Å²) in [6, 6.07) is -0.277. The van der Waals surface area contributed by atoms with Crippen molar-refractivity contribution in [3.8, 4) is 0 Å². The third-order valence-electron chi connectivity index (χ3n) is 1.88. The summed E-state index contributed by atoms with van der Waals surface area (Å²) in [6.07, 6.45) is 0.495. The minimum absolute atomic E-state index is 0.0394. The number of hydrogen-bond acceptors (Lipinski definition) is 2. The second kappa shape index (κ2) is 2.20. The molecule has 0 unspecified atom stereocenters. The van der Waals surface area contributed by atoms with Crippen LogP contribution in [0.4, 0.5) is 4.39 Å². The zero-order valence-corrected chi connectivity index (χ0v) is 5.51. The van der Waals surface area contributed by atoms with Crippen LogP contribution in [-0.2, 0) is 4.79 Å². The van der Waals surface area contributed by atoms with Gasteiger partial charge in [-0.1, -0.05) is 0 Å². The van der Waals surface area contributed by atoms with E-state index in [4.69, 9.17) is 10.8 Å². The number of rotatable bonds is 1. The zero-order chi connectivity index (χ0) is 7.78. The monoisotopic (exact) mass is 147 g/mol. The van der Waals surface area contributed by atoms with Gasteiger partial charge in [0.1, 0.15) is 0 Å². The Balaban J connectivity index is 2.63. The maximum Gasteiger partial charge on any atom is 0.341 e. The number of nitrogens with two attached hydrogens (primary N) is 1. The summed E-state index contributed by atoms with van der Waals surface area (Å²) in [6.45, 7) is 0. The molecule has 0 radical (unpaired) electrons. The first kappa shape index (κ1) is 7.47. The van der Waals surface area contributed by atoms with Gasteiger partial charge in [0.2, 0.25) is 5.67 Å². The van der Waals surface area contributed by atoms with Gasteiger partial charge in [-0.05, 0) is 12.8 Å². The predicted octanol–water partition coefficient (Wildman–Crippen LogP) is 0.290. The quantitative estimate of drug-likeness (QED) is 0.560. The molecule has 0 saturated heterocycles. The Labute approximate surface area is 58.0 Å². The van der Waals surface area contributed by atoms with Crippen LogP contribution in [0.5, 0.6) is 0 Å². The number of carboxylic acid groups (broad SMARTS) is 1. The molecule has 1 aliphatic rings. The molecule has 10 heavy (non-hydrogen) atoms. The fourth-order valence-electron chi connectivity index (χ4n) is 1.23. The number of carboxylic acids is 1. The average molecular weight is 147 g/mol. The Bertz CT molecular complexity index is 162. The molecule has 0 aromatic rings. The molecule has 1 rings (SSSR count). The van der Waals surface area contributed by atoms with E-state index in [-0.39, 0.29) is 18.9 Å². The molecule has 58 valence electrons. The summed E-state index contributed by atoms with van der Waals surface area (Å²) < 4.78 is 13.0. The van der Waals surface area contributed by atoms with Gasteiger partial charge in [0.05, 0.1) is 0 Å². The first-order chi connectivity index (χ1) is 4.54. The van der Waals surface area contributed by atoms with Gasteiger partial charge >= 0.3 is 5.97 Å². The number of aliphatic carboxylic acids is 1. The second-order valence-corrected chi connectivity index (χ2v) is 2.77. The molecule has 0 spiro atoms. The molecule has 0 aromatic heterocycles. The average Bonchev–Trinajstić information content (AvgIpc) is 2.13. The summed E-state index contributed by atoms with van der Waals surface area (Å²) in [4.78, 5) is 10.2. The summed E-state index contributed by atoms with van der Waals surface area (Å²) in [5, 5.41) is 8.36. The van der Waals surface area contributed by atoms with Crippen molar-refractivity contribution in [3.05, 3.63) is 0 Å². The molecule has 3 nitrogen and oxygen atoms in total. The van der Waals surface area contributed by atoms with Gasteiger partial charge in [-0.25, -0.2) is 9.18 Å². The van der Waals surface area contributed by atoms with Crippen LogP contribution < -0.4 is 5.73 Å². The fourth-order valence-corrected chi connectivity index (χ4v) is 1.23. The molecule has 0 aromatic carbocycles. The molecule has 1 aliphatic carbocycles.